The first kappa shape index (κ1) is 25.3. The molecule has 24 heavy (non-hydrogen) atoms. The maximum Gasteiger partial charge on any atom is 0.100 e. The number of benzene rings is 1. The highest BCUT2D eigenvalue weighted by atomic mass is 16.5. The molecule has 0 aliphatic heterocycles. The lowest BCUT2D eigenvalue weighted by Crippen LogP contribution is -2.15. The molecule has 1 rings (SSSR count). The predicted octanol–water partition coefficient (Wildman–Crippen LogP) is 2.94. The standard InChI is InChI=1S/C9H12O.C7H15O.C3H8O3/c1-2-10-8-9-6-4-3-5-7-9;1-2-3-4-5-6-7-8;4-1-3(6)2-5/h3-7H,2,8H2,1H3;2-7H2,1H3;3-6H,1-2H2. The van der Waals surface area contributed by atoms with Crippen LogP contribution >= 0.6 is 0 Å². The van der Waals surface area contributed by atoms with Gasteiger partial charge in [-0.25, -0.2) is 5.11 Å². The molecule has 3 N–H and O–H groups in total. The first-order valence-electron chi connectivity index (χ1n) is 8.75. The van der Waals surface area contributed by atoms with Crippen LogP contribution in [0.3, 0.4) is 0 Å². The quantitative estimate of drug-likeness (QED) is 0.570. The molecular formula is C19H35O5. The van der Waals surface area contributed by atoms with Crippen molar-refractivity contribution in [2.24, 2.45) is 0 Å². The summed E-state index contributed by atoms with van der Waals surface area (Å²) in [6.45, 7) is 5.09. The summed E-state index contributed by atoms with van der Waals surface area (Å²) in [7, 11) is 0. The molecule has 5 heteroatoms. The summed E-state index contributed by atoms with van der Waals surface area (Å²) < 4.78 is 5.22. The van der Waals surface area contributed by atoms with Gasteiger partial charge in [0.2, 0.25) is 0 Å². The van der Waals surface area contributed by atoms with Crippen molar-refractivity contribution in [1.82, 2.24) is 0 Å². The maximum atomic E-state index is 9.89. The van der Waals surface area contributed by atoms with Gasteiger partial charge in [0.15, 0.2) is 0 Å². The van der Waals surface area contributed by atoms with Crippen molar-refractivity contribution in [3.8, 4) is 0 Å². The zero-order chi connectivity index (χ0) is 18.5. The summed E-state index contributed by atoms with van der Waals surface area (Å²) in [5.41, 5.74) is 1.24. The van der Waals surface area contributed by atoms with Crippen molar-refractivity contribution in [3.05, 3.63) is 35.9 Å². The van der Waals surface area contributed by atoms with Gasteiger partial charge in [0.05, 0.1) is 26.4 Å². The van der Waals surface area contributed by atoms with Crippen molar-refractivity contribution in [2.75, 3.05) is 26.4 Å². The monoisotopic (exact) mass is 343 g/mol. The summed E-state index contributed by atoms with van der Waals surface area (Å²) in [5.74, 6) is 0. The molecule has 1 radical (unpaired) electrons. The minimum atomic E-state index is -0.954. The van der Waals surface area contributed by atoms with Crippen LogP contribution in [0.25, 0.3) is 0 Å². The summed E-state index contributed by atoms with van der Waals surface area (Å²) >= 11 is 0. The second-order valence-corrected chi connectivity index (χ2v) is 5.26. The smallest absolute Gasteiger partial charge is 0.100 e. The van der Waals surface area contributed by atoms with E-state index in [0.717, 1.165) is 26.1 Å². The van der Waals surface area contributed by atoms with E-state index in [1.165, 1.54) is 24.8 Å². The molecule has 0 aromatic heterocycles. The molecule has 0 fully saturated rings. The van der Waals surface area contributed by atoms with Gasteiger partial charge in [-0.2, -0.15) is 0 Å². The van der Waals surface area contributed by atoms with Crippen molar-refractivity contribution in [2.45, 2.75) is 58.7 Å². The maximum absolute atomic E-state index is 9.89. The van der Waals surface area contributed by atoms with E-state index in [-0.39, 0.29) is 19.8 Å². The number of aliphatic hydroxyl groups excluding tert-OH is 3. The Bertz CT molecular complexity index is 309. The van der Waals surface area contributed by atoms with Crippen LogP contribution in [-0.4, -0.2) is 47.9 Å². The van der Waals surface area contributed by atoms with E-state index < -0.39 is 6.10 Å². The molecule has 1 aromatic carbocycles. The second kappa shape index (κ2) is 22.0. The topological polar surface area (TPSA) is 89.8 Å². The van der Waals surface area contributed by atoms with Crippen LogP contribution in [0.1, 0.15) is 51.5 Å². The third-order valence-electron chi connectivity index (χ3n) is 2.99. The van der Waals surface area contributed by atoms with Crippen LogP contribution in [-0.2, 0) is 16.5 Å². The van der Waals surface area contributed by atoms with Crippen molar-refractivity contribution in [3.63, 3.8) is 0 Å². The summed E-state index contributed by atoms with van der Waals surface area (Å²) in [6.07, 6.45) is 4.86. The summed E-state index contributed by atoms with van der Waals surface area (Å²) in [4.78, 5) is 0. The normalized spacial score (nSPS) is 9.79. The molecule has 0 spiro atoms. The minimum Gasteiger partial charge on any atom is -0.394 e. The molecule has 141 valence electrons. The predicted molar refractivity (Wildman–Crippen MR) is 96.3 cm³/mol. The molecule has 0 bridgehead atoms. The van der Waals surface area contributed by atoms with Gasteiger partial charge in [0.1, 0.15) is 6.10 Å². The van der Waals surface area contributed by atoms with Gasteiger partial charge in [0.25, 0.3) is 0 Å². The fraction of sp³-hybridized carbons (Fsp3) is 0.684. The van der Waals surface area contributed by atoms with E-state index in [1.54, 1.807) is 0 Å². The zero-order valence-electron chi connectivity index (χ0n) is 15.2. The lowest BCUT2D eigenvalue weighted by Gasteiger charge is -1.98. The van der Waals surface area contributed by atoms with Crippen LogP contribution in [0.5, 0.6) is 0 Å². The minimum absolute atomic E-state index is 0.115. The third kappa shape index (κ3) is 21.0. The van der Waals surface area contributed by atoms with Gasteiger partial charge in [-0.3, -0.25) is 0 Å². The largest absolute Gasteiger partial charge is 0.394 e. The van der Waals surface area contributed by atoms with Gasteiger partial charge in [-0.15, -0.1) is 0 Å². The molecule has 0 amide bonds. The number of hydrogen-bond donors (Lipinski definition) is 3. The van der Waals surface area contributed by atoms with E-state index in [0.29, 0.717) is 0 Å². The average molecular weight is 343 g/mol. The molecule has 5 nitrogen and oxygen atoms in total. The number of unbranched alkanes of at least 4 members (excludes halogenated alkanes) is 4. The SMILES string of the molecule is CCCCCCC[O].CCOCc1ccccc1.OCC(O)CO. The highest BCUT2D eigenvalue weighted by Crippen LogP contribution is 2.00. The zero-order valence-corrected chi connectivity index (χ0v) is 15.2. The van der Waals surface area contributed by atoms with E-state index >= 15 is 0 Å². The summed E-state index contributed by atoms with van der Waals surface area (Å²) in [6, 6.07) is 10.2. The highest BCUT2D eigenvalue weighted by molar-refractivity contribution is 5.13. The van der Waals surface area contributed by atoms with Gasteiger partial charge >= 0.3 is 0 Å². The number of aliphatic hydroxyl groups is 3. The lowest BCUT2D eigenvalue weighted by molar-refractivity contribution is 0.0450. The Kier molecular flexibility index (Phi) is 23.2. The van der Waals surface area contributed by atoms with Gasteiger partial charge in [0, 0.05) is 6.61 Å². The van der Waals surface area contributed by atoms with Crippen molar-refractivity contribution >= 4 is 0 Å². The van der Waals surface area contributed by atoms with Gasteiger partial charge in [-0.05, 0) is 18.9 Å². The Hall–Kier alpha value is -0.980. The Balaban J connectivity index is 0. The van der Waals surface area contributed by atoms with Crippen LogP contribution in [0, 0.1) is 0 Å². The van der Waals surface area contributed by atoms with Gasteiger partial charge in [-0.1, -0.05) is 62.9 Å². The molecule has 0 atom stereocenters. The molecule has 0 aliphatic rings. The highest BCUT2D eigenvalue weighted by Gasteiger charge is 1.93. The van der Waals surface area contributed by atoms with Crippen LogP contribution in [0.2, 0.25) is 0 Å². The average Bonchev–Trinajstić information content (AvgIpc) is 2.65. The summed E-state index contributed by atoms with van der Waals surface area (Å²) in [5, 5.41) is 33.9. The fourth-order valence-corrected chi connectivity index (χ4v) is 1.56. The van der Waals surface area contributed by atoms with Crippen molar-refractivity contribution in [1.29, 1.82) is 0 Å². The van der Waals surface area contributed by atoms with Crippen LogP contribution < -0.4 is 0 Å². The first-order chi connectivity index (χ1) is 11.7. The van der Waals surface area contributed by atoms with Crippen LogP contribution in [0.4, 0.5) is 0 Å². The van der Waals surface area contributed by atoms with E-state index in [9.17, 15) is 5.11 Å². The Morgan fingerprint density at radius 2 is 1.54 bits per heavy atom. The first-order valence-corrected chi connectivity index (χ1v) is 8.75. The fourth-order valence-electron chi connectivity index (χ4n) is 1.56. The Morgan fingerprint density at radius 3 is 1.96 bits per heavy atom. The number of ether oxygens (including phenoxy) is 1. The molecule has 0 saturated carbocycles. The van der Waals surface area contributed by atoms with Crippen LogP contribution in [0.15, 0.2) is 30.3 Å². The second-order valence-electron chi connectivity index (χ2n) is 5.26. The van der Waals surface area contributed by atoms with E-state index in [2.05, 4.69) is 19.1 Å². The van der Waals surface area contributed by atoms with E-state index in [1.807, 2.05) is 25.1 Å². The molecule has 1 aromatic rings. The number of rotatable bonds is 10. The molecule has 0 heterocycles. The lowest BCUT2D eigenvalue weighted by atomic mass is 10.2. The molecule has 0 aliphatic carbocycles. The number of hydrogen-bond acceptors (Lipinski definition) is 4. The Morgan fingerprint density at radius 1 is 0.958 bits per heavy atom. The van der Waals surface area contributed by atoms with E-state index in [4.69, 9.17) is 20.1 Å². The van der Waals surface area contributed by atoms with Crippen molar-refractivity contribution < 1.29 is 25.2 Å². The Labute approximate surface area is 146 Å². The third-order valence-corrected chi connectivity index (χ3v) is 2.99. The molecule has 0 saturated heterocycles. The molecular weight excluding hydrogens is 308 g/mol. The molecule has 0 unspecified atom stereocenters. The van der Waals surface area contributed by atoms with Gasteiger partial charge < -0.3 is 20.1 Å².